The smallest absolute Gasteiger partial charge is 0.303 e. The predicted molar refractivity (Wildman–Crippen MR) is 94.5 cm³/mol. The third-order valence-electron chi connectivity index (χ3n) is 4.59. The molecule has 1 saturated heterocycles. The summed E-state index contributed by atoms with van der Waals surface area (Å²) in [7, 11) is 0. The molecule has 2 heterocycles. The lowest BCUT2D eigenvalue weighted by atomic mass is 9.93. The minimum Gasteiger partial charge on any atom is -0.481 e. The summed E-state index contributed by atoms with van der Waals surface area (Å²) in [5.74, 6) is -0.660. The second-order valence-electron chi connectivity index (χ2n) is 6.33. The van der Waals surface area contributed by atoms with E-state index in [1.165, 1.54) is 6.20 Å². The van der Waals surface area contributed by atoms with E-state index >= 15 is 0 Å². The van der Waals surface area contributed by atoms with Crippen molar-refractivity contribution in [3.05, 3.63) is 41.0 Å². The Bertz CT molecular complexity index is 774. The minimum absolute atomic E-state index is 0.0938. The van der Waals surface area contributed by atoms with Crippen molar-refractivity contribution in [2.24, 2.45) is 5.92 Å². The number of benzene rings is 1. The number of H-pyrrole nitrogens is 1. The molecule has 1 aromatic carbocycles. The summed E-state index contributed by atoms with van der Waals surface area (Å²) in [5.41, 5.74) is 1.85. The third kappa shape index (κ3) is 4.02. The highest BCUT2D eigenvalue weighted by Crippen LogP contribution is 2.30. The van der Waals surface area contributed by atoms with Gasteiger partial charge in [0, 0.05) is 30.1 Å². The Morgan fingerprint density at radius 1 is 1.36 bits per heavy atom. The zero-order valence-corrected chi connectivity index (χ0v) is 14.5. The van der Waals surface area contributed by atoms with Gasteiger partial charge >= 0.3 is 5.97 Å². The molecule has 0 radical (unpaired) electrons. The molecule has 1 aliphatic rings. The quantitative estimate of drug-likeness (QED) is 0.854. The van der Waals surface area contributed by atoms with Crippen molar-refractivity contribution in [1.82, 2.24) is 15.1 Å². The number of rotatable bonds is 5. The number of hydrogen-bond acceptors (Lipinski definition) is 3. The van der Waals surface area contributed by atoms with Gasteiger partial charge in [0.2, 0.25) is 0 Å². The number of aromatic amines is 1. The number of carbonyl (C=O) groups excluding carboxylic acids is 1. The Kier molecular flexibility index (Phi) is 5.38. The Balaban J connectivity index is 1.77. The molecule has 1 amide bonds. The van der Waals surface area contributed by atoms with Crippen LogP contribution in [0.3, 0.4) is 0 Å². The fourth-order valence-corrected chi connectivity index (χ4v) is 3.53. The maximum Gasteiger partial charge on any atom is 0.303 e. The van der Waals surface area contributed by atoms with E-state index in [9.17, 15) is 9.59 Å². The molecular formula is C18H20ClN3O3. The van der Waals surface area contributed by atoms with Gasteiger partial charge in [-0.1, -0.05) is 29.8 Å². The average molecular weight is 362 g/mol. The number of nitrogens with zero attached hydrogens (tertiary/aromatic N) is 2. The molecule has 2 aromatic rings. The van der Waals surface area contributed by atoms with Crippen LogP contribution >= 0.6 is 11.6 Å². The molecule has 7 heteroatoms. The molecule has 0 saturated carbocycles. The highest BCUT2D eigenvalue weighted by Gasteiger charge is 2.27. The number of hydrogen-bond donors (Lipinski definition) is 2. The highest BCUT2D eigenvalue weighted by molar-refractivity contribution is 6.33. The van der Waals surface area contributed by atoms with Gasteiger partial charge in [0.25, 0.3) is 5.91 Å². The first-order chi connectivity index (χ1) is 12.1. The van der Waals surface area contributed by atoms with Gasteiger partial charge in [-0.2, -0.15) is 5.10 Å². The third-order valence-corrected chi connectivity index (χ3v) is 4.92. The maximum absolute atomic E-state index is 13.0. The monoisotopic (exact) mass is 361 g/mol. The van der Waals surface area contributed by atoms with Crippen LogP contribution in [0.25, 0.3) is 11.3 Å². The zero-order valence-electron chi connectivity index (χ0n) is 13.7. The predicted octanol–water partition coefficient (Wildman–Crippen LogP) is 3.45. The standard InChI is InChI=1S/C18H20ClN3O3/c19-15-6-2-1-5-13(15)17-14(10-20-21-17)18(25)22-9-3-4-12(11-22)7-8-16(23)24/h1-2,5-6,10,12H,3-4,7-9,11H2,(H,20,21)(H,23,24). The molecule has 1 atom stereocenters. The summed E-state index contributed by atoms with van der Waals surface area (Å²) < 4.78 is 0. The molecular weight excluding hydrogens is 342 g/mol. The molecule has 1 unspecified atom stereocenters. The summed E-state index contributed by atoms with van der Waals surface area (Å²) in [5, 5.41) is 16.3. The molecule has 6 nitrogen and oxygen atoms in total. The van der Waals surface area contributed by atoms with Crippen molar-refractivity contribution in [3.63, 3.8) is 0 Å². The van der Waals surface area contributed by atoms with Crippen LogP contribution in [0.2, 0.25) is 5.02 Å². The summed E-state index contributed by atoms with van der Waals surface area (Å²) in [6.07, 6.45) is 4.11. The van der Waals surface area contributed by atoms with E-state index in [0.29, 0.717) is 35.8 Å². The number of carboxylic acid groups (broad SMARTS) is 1. The lowest BCUT2D eigenvalue weighted by Crippen LogP contribution is -2.40. The van der Waals surface area contributed by atoms with Crippen molar-refractivity contribution in [2.45, 2.75) is 25.7 Å². The fourth-order valence-electron chi connectivity index (χ4n) is 3.30. The lowest BCUT2D eigenvalue weighted by Gasteiger charge is -2.32. The Morgan fingerprint density at radius 2 is 2.16 bits per heavy atom. The van der Waals surface area contributed by atoms with Crippen molar-refractivity contribution in [3.8, 4) is 11.3 Å². The van der Waals surface area contributed by atoms with Crippen LogP contribution in [0.15, 0.2) is 30.5 Å². The largest absolute Gasteiger partial charge is 0.481 e. The first-order valence-corrected chi connectivity index (χ1v) is 8.73. The molecule has 1 fully saturated rings. The molecule has 1 aliphatic heterocycles. The van der Waals surface area contributed by atoms with Crippen molar-refractivity contribution in [2.75, 3.05) is 13.1 Å². The first-order valence-electron chi connectivity index (χ1n) is 8.35. The Hall–Kier alpha value is -2.34. The van der Waals surface area contributed by atoms with Crippen LogP contribution in [-0.4, -0.2) is 45.2 Å². The average Bonchev–Trinajstić information content (AvgIpc) is 3.09. The number of halogens is 1. The Labute approximate surface area is 150 Å². The van der Waals surface area contributed by atoms with Gasteiger partial charge in [-0.15, -0.1) is 0 Å². The number of carbonyl (C=O) groups is 2. The lowest BCUT2D eigenvalue weighted by molar-refractivity contribution is -0.137. The molecule has 25 heavy (non-hydrogen) atoms. The number of aliphatic carboxylic acids is 1. The second kappa shape index (κ2) is 7.70. The van der Waals surface area contributed by atoms with Crippen molar-refractivity contribution < 1.29 is 14.7 Å². The SMILES string of the molecule is O=C(O)CCC1CCCN(C(=O)c2cn[nH]c2-c2ccccc2Cl)C1. The summed E-state index contributed by atoms with van der Waals surface area (Å²) in [6.45, 7) is 1.26. The second-order valence-corrected chi connectivity index (χ2v) is 6.74. The number of nitrogens with one attached hydrogen (secondary N) is 1. The highest BCUT2D eigenvalue weighted by atomic mass is 35.5. The van der Waals surface area contributed by atoms with E-state index in [0.717, 1.165) is 18.4 Å². The molecule has 2 N–H and O–H groups in total. The van der Waals surface area contributed by atoms with Crippen LogP contribution < -0.4 is 0 Å². The molecule has 0 aliphatic carbocycles. The fraction of sp³-hybridized carbons (Fsp3) is 0.389. The number of piperidine rings is 1. The first kappa shape index (κ1) is 17.5. The van der Waals surface area contributed by atoms with Crippen LogP contribution in [0.4, 0.5) is 0 Å². The van der Waals surface area contributed by atoms with Gasteiger partial charge in [-0.05, 0) is 31.2 Å². The van der Waals surface area contributed by atoms with Crippen LogP contribution in [0.5, 0.6) is 0 Å². The van der Waals surface area contributed by atoms with Crippen molar-refractivity contribution >= 4 is 23.5 Å². The van der Waals surface area contributed by atoms with Gasteiger partial charge in [0.1, 0.15) is 0 Å². The number of aromatic nitrogens is 2. The molecule has 0 bridgehead atoms. The van der Waals surface area contributed by atoms with Crippen LogP contribution in [0.1, 0.15) is 36.0 Å². The van der Waals surface area contributed by atoms with Gasteiger partial charge in [0.05, 0.1) is 17.5 Å². The topological polar surface area (TPSA) is 86.3 Å². The van der Waals surface area contributed by atoms with Gasteiger partial charge < -0.3 is 10.0 Å². The van der Waals surface area contributed by atoms with E-state index in [1.807, 2.05) is 18.2 Å². The van der Waals surface area contributed by atoms with Crippen LogP contribution in [0, 0.1) is 5.92 Å². The van der Waals surface area contributed by atoms with E-state index in [1.54, 1.807) is 11.0 Å². The van der Waals surface area contributed by atoms with Gasteiger partial charge in [-0.25, -0.2) is 0 Å². The molecule has 3 rings (SSSR count). The van der Waals surface area contributed by atoms with E-state index in [4.69, 9.17) is 16.7 Å². The van der Waals surface area contributed by atoms with Gasteiger partial charge in [0.15, 0.2) is 0 Å². The number of likely N-dealkylation sites (tertiary alicyclic amines) is 1. The van der Waals surface area contributed by atoms with E-state index in [-0.39, 0.29) is 18.2 Å². The minimum atomic E-state index is -0.792. The van der Waals surface area contributed by atoms with Crippen molar-refractivity contribution in [1.29, 1.82) is 0 Å². The summed E-state index contributed by atoms with van der Waals surface area (Å²) >= 11 is 6.24. The molecule has 132 valence electrons. The maximum atomic E-state index is 13.0. The van der Waals surface area contributed by atoms with Gasteiger partial charge in [-0.3, -0.25) is 14.7 Å². The van der Waals surface area contributed by atoms with Crippen LogP contribution in [-0.2, 0) is 4.79 Å². The number of carboxylic acids is 1. The summed E-state index contributed by atoms with van der Waals surface area (Å²) in [6, 6.07) is 7.31. The zero-order chi connectivity index (χ0) is 17.8. The number of amides is 1. The molecule has 0 spiro atoms. The normalized spacial score (nSPS) is 17.5. The van der Waals surface area contributed by atoms with E-state index in [2.05, 4.69) is 10.2 Å². The Morgan fingerprint density at radius 3 is 2.92 bits per heavy atom. The molecule has 1 aromatic heterocycles. The summed E-state index contributed by atoms with van der Waals surface area (Å²) in [4.78, 5) is 25.5. The van der Waals surface area contributed by atoms with E-state index < -0.39 is 5.97 Å².